The molecule has 1 fully saturated rings. The Hall–Kier alpha value is -2.51. The third kappa shape index (κ3) is 4.64. The summed E-state index contributed by atoms with van der Waals surface area (Å²) >= 11 is 7.92. The molecule has 0 saturated carbocycles. The number of carbonyl (C=O) groups is 1. The van der Waals surface area contributed by atoms with Crippen LogP contribution < -0.4 is 10.2 Å². The fourth-order valence-electron chi connectivity index (χ4n) is 4.12. The minimum atomic E-state index is -0.369. The highest BCUT2D eigenvalue weighted by molar-refractivity contribution is 8.00. The van der Waals surface area contributed by atoms with Gasteiger partial charge in [0, 0.05) is 18.8 Å². The lowest BCUT2D eigenvalue weighted by atomic mass is 10.1. The molecule has 1 amide bonds. The van der Waals surface area contributed by atoms with Gasteiger partial charge in [0.25, 0.3) is 0 Å². The first-order chi connectivity index (χ1) is 15.3. The molecule has 32 heavy (non-hydrogen) atoms. The van der Waals surface area contributed by atoms with Gasteiger partial charge in [-0.25, -0.2) is 0 Å². The van der Waals surface area contributed by atoms with Crippen LogP contribution in [0.4, 0.5) is 11.6 Å². The molecule has 0 bridgehead atoms. The summed E-state index contributed by atoms with van der Waals surface area (Å²) in [7, 11) is 0. The van der Waals surface area contributed by atoms with Gasteiger partial charge >= 0.3 is 0 Å². The lowest BCUT2D eigenvalue weighted by molar-refractivity contribution is -0.115. The van der Waals surface area contributed by atoms with Gasteiger partial charge in [-0.3, -0.25) is 9.36 Å². The lowest BCUT2D eigenvalue weighted by Crippen LogP contribution is -2.24. The lowest BCUT2D eigenvalue weighted by Gasteiger charge is -2.20. The number of thioether (sulfide) groups is 1. The summed E-state index contributed by atoms with van der Waals surface area (Å²) in [6, 6.07) is 11.8. The second-order valence-electron chi connectivity index (χ2n) is 8.29. The van der Waals surface area contributed by atoms with Crippen molar-refractivity contribution in [3.8, 4) is 5.69 Å². The van der Waals surface area contributed by atoms with Crippen LogP contribution in [-0.4, -0.2) is 39.0 Å². The largest absolute Gasteiger partial charge is 0.341 e. The van der Waals surface area contributed by atoms with E-state index in [-0.39, 0.29) is 11.2 Å². The second kappa shape index (κ2) is 9.55. The molecule has 1 aliphatic rings. The molecule has 0 aliphatic carbocycles. The maximum Gasteiger partial charge on any atom is 0.237 e. The topological polar surface area (TPSA) is 63.1 Å². The molecule has 168 valence electrons. The molecule has 0 spiro atoms. The number of hydrogen-bond donors (Lipinski definition) is 1. The first-order valence-electron chi connectivity index (χ1n) is 10.9. The number of carbonyl (C=O) groups excluding carboxylic acids is 1. The predicted octanol–water partition coefficient (Wildman–Crippen LogP) is 5.57. The second-order valence-corrected chi connectivity index (χ2v) is 10.0. The Kier molecular flexibility index (Phi) is 6.76. The number of aromatic nitrogens is 3. The van der Waals surface area contributed by atoms with Crippen molar-refractivity contribution >= 4 is 40.9 Å². The van der Waals surface area contributed by atoms with Gasteiger partial charge in [-0.05, 0) is 63.8 Å². The van der Waals surface area contributed by atoms with Crippen molar-refractivity contribution in [2.24, 2.45) is 0 Å². The van der Waals surface area contributed by atoms with Gasteiger partial charge in [0.2, 0.25) is 11.9 Å². The summed E-state index contributed by atoms with van der Waals surface area (Å²) in [4.78, 5) is 15.3. The van der Waals surface area contributed by atoms with E-state index < -0.39 is 0 Å². The summed E-state index contributed by atoms with van der Waals surface area (Å²) in [6.07, 6.45) is 2.26. The number of nitrogens with one attached hydrogen (secondary N) is 1. The summed E-state index contributed by atoms with van der Waals surface area (Å²) in [5.41, 5.74) is 5.00. The third-order valence-corrected chi connectivity index (χ3v) is 7.04. The van der Waals surface area contributed by atoms with E-state index in [0.29, 0.717) is 10.2 Å². The number of halogens is 1. The minimum absolute atomic E-state index is 0.0681. The van der Waals surface area contributed by atoms with E-state index in [4.69, 9.17) is 11.6 Å². The number of benzene rings is 2. The quantitative estimate of drug-likeness (QED) is 0.478. The molecule has 1 N–H and O–H groups in total. The van der Waals surface area contributed by atoms with Crippen LogP contribution in [0.3, 0.4) is 0 Å². The number of para-hydroxylation sites is 1. The third-order valence-electron chi connectivity index (χ3n) is 5.68. The maximum absolute atomic E-state index is 13.1. The van der Waals surface area contributed by atoms with Crippen LogP contribution in [0.5, 0.6) is 0 Å². The van der Waals surface area contributed by atoms with E-state index in [1.54, 1.807) is 0 Å². The molecule has 6 nitrogen and oxygen atoms in total. The van der Waals surface area contributed by atoms with E-state index in [1.165, 1.54) is 17.3 Å². The van der Waals surface area contributed by atoms with Crippen molar-refractivity contribution in [1.29, 1.82) is 0 Å². The molecule has 2 heterocycles. The molecule has 1 saturated heterocycles. The smallest absolute Gasteiger partial charge is 0.237 e. The molecule has 3 aromatic rings. The van der Waals surface area contributed by atoms with Gasteiger partial charge in [0.05, 0.1) is 16.0 Å². The van der Waals surface area contributed by atoms with Crippen molar-refractivity contribution in [3.63, 3.8) is 0 Å². The van der Waals surface area contributed by atoms with Crippen LogP contribution >= 0.6 is 23.4 Å². The van der Waals surface area contributed by atoms with E-state index in [9.17, 15) is 4.79 Å². The Labute approximate surface area is 198 Å². The molecule has 0 radical (unpaired) electrons. The van der Waals surface area contributed by atoms with Crippen molar-refractivity contribution in [3.05, 3.63) is 58.1 Å². The summed E-state index contributed by atoms with van der Waals surface area (Å²) in [5, 5.41) is 12.9. The fraction of sp³-hybridized carbons (Fsp3) is 0.375. The summed E-state index contributed by atoms with van der Waals surface area (Å²) in [6.45, 7) is 9.86. The molecular weight excluding hydrogens is 442 g/mol. The van der Waals surface area contributed by atoms with Crippen LogP contribution in [-0.2, 0) is 4.79 Å². The molecule has 8 heteroatoms. The van der Waals surface area contributed by atoms with E-state index >= 15 is 0 Å². The number of amides is 1. The van der Waals surface area contributed by atoms with Crippen LogP contribution in [0.25, 0.3) is 5.69 Å². The van der Waals surface area contributed by atoms with Crippen LogP contribution in [0.1, 0.15) is 36.5 Å². The highest BCUT2D eigenvalue weighted by atomic mass is 35.5. The minimum Gasteiger partial charge on any atom is -0.341 e. The van der Waals surface area contributed by atoms with Crippen molar-refractivity contribution in [2.75, 3.05) is 23.3 Å². The summed E-state index contributed by atoms with van der Waals surface area (Å²) in [5.74, 6) is 0.706. The van der Waals surface area contributed by atoms with Crippen LogP contribution in [0.15, 0.2) is 41.6 Å². The Morgan fingerprint density at radius 2 is 1.75 bits per heavy atom. The highest BCUT2D eigenvalue weighted by Gasteiger charge is 2.26. The molecule has 1 aliphatic heterocycles. The van der Waals surface area contributed by atoms with Crippen LogP contribution in [0.2, 0.25) is 5.02 Å². The van der Waals surface area contributed by atoms with Gasteiger partial charge in [-0.15, -0.1) is 10.2 Å². The highest BCUT2D eigenvalue weighted by Crippen LogP contribution is 2.34. The van der Waals surface area contributed by atoms with Crippen molar-refractivity contribution in [2.45, 2.75) is 50.9 Å². The van der Waals surface area contributed by atoms with Crippen molar-refractivity contribution in [1.82, 2.24) is 14.8 Å². The number of hydrogen-bond acceptors (Lipinski definition) is 5. The van der Waals surface area contributed by atoms with Gasteiger partial charge in [-0.2, -0.15) is 0 Å². The Morgan fingerprint density at radius 3 is 2.41 bits per heavy atom. The average molecular weight is 470 g/mol. The fourth-order valence-corrected chi connectivity index (χ4v) is 5.19. The standard InChI is InChI=1S/C24H28ClN5OS/c1-15-13-16(2)21(17(3)14-15)26-22(31)18(4)32-24-28-27-23(29-11-7-8-12-29)30(24)20-10-6-5-9-19(20)25/h5-6,9-10,13-14,18H,7-8,11-12H2,1-4H3,(H,26,31)/t18-/m1/s1. The predicted molar refractivity (Wildman–Crippen MR) is 132 cm³/mol. The van der Waals surface area contributed by atoms with Crippen LogP contribution in [0, 0.1) is 20.8 Å². The molecular formula is C24H28ClN5OS. The van der Waals surface area contributed by atoms with Gasteiger partial charge in [-0.1, -0.05) is 53.2 Å². The van der Waals surface area contributed by atoms with Gasteiger partial charge < -0.3 is 10.2 Å². The molecule has 0 unspecified atom stereocenters. The summed E-state index contributed by atoms with van der Waals surface area (Å²) < 4.78 is 1.98. The molecule has 4 rings (SSSR count). The zero-order valence-corrected chi connectivity index (χ0v) is 20.4. The zero-order valence-electron chi connectivity index (χ0n) is 18.9. The Bertz CT molecular complexity index is 1120. The monoisotopic (exact) mass is 469 g/mol. The van der Waals surface area contributed by atoms with E-state index in [1.807, 2.05) is 49.6 Å². The number of anilines is 2. The van der Waals surface area contributed by atoms with Gasteiger partial charge in [0.1, 0.15) is 0 Å². The molecule has 2 aromatic carbocycles. The normalized spacial score (nSPS) is 14.6. The van der Waals surface area contributed by atoms with Crippen molar-refractivity contribution < 1.29 is 4.79 Å². The Balaban J connectivity index is 1.61. The average Bonchev–Trinajstić information content (AvgIpc) is 3.41. The Morgan fingerprint density at radius 1 is 1.09 bits per heavy atom. The van der Waals surface area contributed by atoms with Gasteiger partial charge in [0.15, 0.2) is 5.16 Å². The SMILES string of the molecule is Cc1cc(C)c(NC(=O)[C@@H](C)Sc2nnc(N3CCCC3)n2-c2ccccc2Cl)c(C)c1. The molecule has 1 aromatic heterocycles. The van der Waals surface area contributed by atoms with E-state index in [0.717, 1.165) is 54.4 Å². The first kappa shape index (κ1) is 22.7. The maximum atomic E-state index is 13.1. The number of aryl methyl sites for hydroxylation is 3. The zero-order chi connectivity index (χ0) is 22.8. The number of rotatable bonds is 6. The first-order valence-corrected chi connectivity index (χ1v) is 12.1. The number of nitrogens with zero attached hydrogens (tertiary/aromatic N) is 4. The van der Waals surface area contributed by atoms with E-state index in [2.05, 4.69) is 39.5 Å². The molecule has 1 atom stereocenters.